The van der Waals surface area contributed by atoms with Gasteiger partial charge >= 0.3 is 0 Å². The fourth-order valence-corrected chi connectivity index (χ4v) is 4.04. The van der Waals surface area contributed by atoms with E-state index in [9.17, 15) is 0 Å². The van der Waals surface area contributed by atoms with Crippen LogP contribution in [-0.2, 0) is 0 Å². The zero-order valence-electron chi connectivity index (χ0n) is 17.3. The number of rotatable bonds is 4. The lowest BCUT2D eigenvalue weighted by Crippen LogP contribution is -2.40. The van der Waals surface area contributed by atoms with Gasteiger partial charge in [0.25, 0.3) is 0 Å². The van der Waals surface area contributed by atoms with Crippen molar-refractivity contribution in [1.29, 1.82) is 0 Å². The van der Waals surface area contributed by atoms with Gasteiger partial charge < -0.3 is 4.90 Å². The van der Waals surface area contributed by atoms with Gasteiger partial charge in [-0.1, -0.05) is 6.92 Å². The first kappa shape index (κ1) is 18.3. The van der Waals surface area contributed by atoms with Crippen molar-refractivity contribution < 1.29 is 0 Å². The number of hydrogen-bond acceptors (Lipinski definition) is 8. The third kappa shape index (κ3) is 2.67. The first-order valence-electron chi connectivity index (χ1n) is 9.99. The largest absolute Gasteiger partial charge is 0.342 e. The molecule has 0 bridgehead atoms. The minimum Gasteiger partial charge on any atom is -0.342 e. The molecule has 10 nitrogen and oxygen atoms in total. The van der Waals surface area contributed by atoms with E-state index in [2.05, 4.69) is 60.6 Å². The summed E-state index contributed by atoms with van der Waals surface area (Å²) in [6.45, 7) is 8.43. The number of aromatic nitrogens is 9. The summed E-state index contributed by atoms with van der Waals surface area (Å²) in [7, 11) is 0. The summed E-state index contributed by atoms with van der Waals surface area (Å²) in [6.07, 6.45) is 7.91. The van der Waals surface area contributed by atoms with Crippen LogP contribution < -0.4 is 4.90 Å². The summed E-state index contributed by atoms with van der Waals surface area (Å²) in [5.41, 5.74) is 1.55. The second-order valence-electron chi connectivity index (χ2n) is 7.47. The predicted molar refractivity (Wildman–Crippen MR) is 110 cm³/mol. The van der Waals surface area contributed by atoms with Crippen LogP contribution in [0.3, 0.4) is 0 Å². The first-order chi connectivity index (χ1) is 14.6. The van der Waals surface area contributed by atoms with E-state index in [0.717, 1.165) is 29.6 Å². The van der Waals surface area contributed by atoms with Crippen LogP contribution in [-0.4, -0.2) is 50.5 Å². The molecule has 0 spiro atoms. The maximum atomic E-state index is 4.98. The molecular weight excluding hydrogens is 380 g/mol. The minimum absolute atomic E-state index is 0.0868. The lowest BCUT2D eigenvalue weighted by Gasteiger charge is -2.39. The highest BCUT2D eigenvalue weighted by Crippen LogP contribution is 2.40. The molecule has 1 atom stereocenters. The zero-order chi connectivity index (χ0) is 20.8. The Kier molecular flexibility index (Phi) is 4.27. The molecule has 152 valence electrons. The number of anilines is 1. The molecule has 0 aromatic carbocycles. The number of nitrogens with zero attached hydrogens (tertiary/aromatic N) is 10. The fraction of sp³-hybridized carbons (Fsp3) is 0.350. The van der Waals surface area contributed by atoms with E-state index in [1.54, 1.807) is 12.4 Å². The molecule has 0 saturated carbocycles. The molecule has 0 N–H and O–H groups in total. The van der Waals surface area contributed by atoms with Gasteiger partial charge in [-0.3, -0.25) is 9.13 Å². The lowest BCUT2D eigenvalue weighted by atomic mass is 10.1. The highest BCUT2D eigenvalue weighted by molar-refractivity contribution is 5.63. The molecule has 0 radical (unpaired) electrons. The predicted octanol–water partition coefficient (Wildman–Crippen LogP) is 2.69. The second kappa shape index (κ2) is 6.97. The molecule has 1 aliphatic heterocycles. The van der Waals surface area contributed by atoms with Crippen molar-refractivity contribution in [2.75, 3.05) is 4.90 Å². The van der Waals surface area contributed by atoms with Gasteiger partial charge in [-0.25, -0.2) is 9.97 Å². The van der Waals surface area contributed by atoms with Crippen LogP contribution in [0.4, 0.5) is 5.82 Å². The molecule has 30 heavy (non-hydrogen) atoms. The van der Waals surface area contributed by atoms with Crippen molar-refractivity contribution in [3.63, 3.8) is 0 Å². The van der Waals surface area contributed by atoms with Gasteiger partial charge in [0.1, 0.15) is 17.2 Å². The monoisotopic (exact) mass is 402 g/mol. The van der Waals surface area contributed by atoms with E-state index in [4.69, 9.17) is 4.98 Å². The van der Waals surface area contributed by atoms with Crippen LogP contribution >= 0.6 is 0 Å². The van der Waals surface area contributed by atoms with Crippen LogP contribution in [0, 0.1) is 6.92 Å². The summed E-state index contributed by atoms with van der Waals surface area (Å²) >= 11 is 0. The molecule has 0 amide bonds. The van der Waals surface area contributed by atoms with Gasteiger partial charge in [0.05, 0.1) is 12.2 Å². The number of fused-ring (bicyclic) bond motifs is 3. The van der Waals surface area contributed by atoms with Crippen LogP contribution in [0.2, 0.25) is 0 Å². The second-order valence-corrected chi connectivity index (χ2v) is 7.47. The van der Waals surface area contributed by atoms with Crippen molar-refractivity contribution >= 4 is 5.82 Å². The van der Waals surface area contributed by atoms with Crippen molar-refractivity contribution in [3.05, 3.63) is 48.6 Å². The van der Waals surface area contributed by atoms with E-state index >= 15 is 0 Å². The SMILES string of the molecule is CC[C@@H]1c2nnc(C)n2-c2cnc(-n3ccnc3-c3cccnn3)nc2N1C(C)C. The highest BCUT2D eigenvalue weighted by Gasteiger charge is 2.36. The fourth-order valence-electron chi connectivity index (χ4n) is 4.04. The quantitative estimate of drug-likeness (QED) is 0.513. The number of imidazole rings is 1. The normalized spacial score (nSPS) is 15.4. The van der Waals surface area contributed by atoms with Gasteiger partial charge in [0, 0.05) is 24.6 Å². The topological polar surface area (TPSA) is 103 Å². The number of aryl methyl sites for hydroxylation is 1. The Morgan fingerprint density at radius 3 is 2.70 bits per heavy atom. The Balaban J connectivity index is 1.70. The average molecular weight is 402 g/mol. The van der Waals surface area contributed by atoms with Gasteiger partial charge in [-0.05, 0) is 39.3 Å². The molecule has 0 unspecified atom stereocenters. The van der Waals surface area contributed by atoms with Gasteiger partial charge in [-0.15, -0.1) is 15.3 Å². The van der Waals surface area contributed by atoms with Crippen LogP contribution in [0.15, 0.2) is 36.9 Å². The van der Waals surface area contributed by atoms with Crippen molar-refractivity contribution in [2.24, 2.45) is 0 Å². The van der Waals surface area contributed by atoms with E-state index in [0.29, 0.717) is 17.5 Å². The Labute approximate surface area is 173 Å². The lowest BCUT2D eigenvalue weighted by molar-refractivity contribution is 0.496. The highest BCUT2D eigenvalue weighted by atomic mass is 15.4. The maximum Gasteiger partial charge on any atom is 0.237 e. The summed E-state index contributed by atoms with van der Waals surface area (Å²) in [4.78, 5) is 16.4. The van der Waals surface area contributed by atoms with Gasteiger partial charge in [0.2, 0.25) is 5.95 Å². The Morgan fingerprint density at radius 2 is 1.97 bits per heavy atom. The maximum absolute atomic E-state index is 4.98. The first-order valence-corrected chi connectivity index (χ1v) is 9.99. The van der Waals surface area contributed by atoms with Crippen LogP contribution in [0.5, 0.6) is 0 Å². The van der Waals surface area contributed by atoms with E-state index in [1.165, 1.54) is 0 Å². The minimum atomic E-state index is 0.0868. The molecule has 10 heteroatoms. The third-order valence-corrected chi connectivity index (χ3v) is 5.31. The molecule has 1 aliphatic rings. The van der Waals surface area contributed by atoms with E-state index in [1.807, 2.05) is 36.0 Å². The van der Waals surface area contributed by atoms with E-state index in [-0.39, 0.29) is 12.1 Å². The van der Waals surface area contributed by atoms with Crippen LogP contribution in [0.1, 0.15) is 44.9 Å². The Hall–Kier alpha value is -3.69. The van der Waals surface area contributed by atoms with Crippen molar-refractivity contribution in [2.45, 2.75) is 46.2 Å². The molecule has 5 heterocycles. The van der Waals surface area contributed by atoms with Crippen molar-refractivity contribution in [1.82, 2.24) is 44.5 Å². The van der Waals surface area contributed by atoms with Gasteiger partial charge in [0.15, 0.2) is 17.5 Å². The summed E-state index contributed by atoms with van der Waals surface area (Å²) < 4.78 is 3.89. The third-order valence-electron chi connectivity index (χ3n) is 5.31. The van der Waals surface area contributed by atoms with Crippen molar-refractivity contribution in [3.8, 4) is 23.2 Å². The van der Waals surface area contributed by atoms with Gasteiger partial charge in [-0.2, -0.15) is 10.1 Å². The van der Waals surface area contributed by atoms with Crippen LogP contribution in [0.25, 0.3) is 23.2 Å². The molecule has 0 saturated heterocycles. The van der Waals surface area contributed by atoms with E-state index < -0.39 is 0 Å². The standard InChI is InChI=1S/C20H22N10/c1-5-15-19-27-25-13(4)30(19)16-11-22-20(24-18(16)29(15)12(2)3)28-10-9-21-17(28)14-7-6-8-23-26-14/h6-12,15H,5H2,1-4H3/t15-/m1/s1. The molecule has 4 aromatic rings. The molecule has 0 fully saturated rings. The summed E-state index contributed by atoms with van der Waals surface area (Å²) in [5, 5.41) is 16.9. The average Bonchev–Trinajstić information content (AvgIpc) is 3.40. The number of hydrogen-bond donors (Lipinski definition) is 0. The summed E-state index contributed by atoms with van der Waals surface area (Å²) in [6, 6.07) is 4.01. The zero-order valence-corrected chi connectivity index (χ0v) is 17.3. The smallest absolute Gasteiger partial charge is 0.237 e. The Bertz CT molecular complexity index is 1190. The molecular formula is C20H22N10. The molecule has 0 aliphatic carbocycles. The molecule has 5 rings (SSSR count). The summed E-state index contributed by atoms with van der Waals surface area (Å²) in [5.74, 6) is 3.78. The molecule has 4 aromatic heterocycles. The Morgan fingerprint density at radius 1 is 1.10 bits per heavy atom.